The van der Waals surface area contributed by atoms with Crippen LogP contribution in [0.15, 0.2) is 29.2 Å². The van der Waals surface area contributed by atoms with E-state index >= 15 is 0 Å². The van der Waals surface area contributed by atoms with Gasteiger partial charge >= 0.3 is 0 Å². The highest BCUT2D eigenvalue weighted by Crippen LogP contribution is 2.19. The van der Waals surface area contributed by atoms with Gasteiger partial charge in [-0.15, -0.1) is 0 Å². The van der Waals surface area contributed by atoms with Crippen molar-refractivity contribution in [2.24, 2.45) is 0 Å². The molecule has 144 valence electrons. The van der Waals surface area contributed by atoms with Crippen LogP contribution in [0.3, 0.4) is 0 Å². The predicted octanol–water partition coefficient (Wildman–Crippen LogP) is 4.17. The molecule has 1 unspecified atom stereocenters. The molecule has 0 bridgehead atoms. The van der Waals surface area contributed by atoms with Gasteiger partial charge in [0.2, 0.25) is 0 Å². The fourth-order valence-corrected chi connectivity index (χ4v) is 3.55. The topological polar surface area (TPSA) is 91.3 Å². The number of hydrogen-bond acceptors (Lipinski definition) is 7. The Hall–Kier alpha value is -1.03. The van der Waals surface area contributed by atoms with Crippen molar-refractivity contribution in [3.8, 4) is 0 Å². The van der Waals surface area contributed by atoms with Gasteiger partial charge in [0, 0.05) is 0 Å². The molecule has 0 amide bonds. The summed E-state index contributed by atoms with van der Waals surface area (Å²) in [6, 6.07) is 6.67. The zero-order valence-electron chi connectivity index (χ0n) is 14.8. The second-order valence-electron chi connectivity index (χ2n) is 5.91. The average Bonchev–Trinajstić information content (AvgIpc) is 2.59. The minimum absolute atomic E-state index is 0.200. The van der Waals surface area contributed by atoms with Gasteiger partial charge in [-0.25, -0.2) is 10.1 Å². The second kappa shape index (κ2) is 12.3. The van der Waals surface area contributed by atoms with Crippen LogP contribution in [0.25, 0.3) is 0 Å². The standard InChI is InChI=1S/C17H28O7S/c1-3-16(9-7-5-4-6-8-14-21-24-23-18)22-25(19,20)17-12-10-15(2)11-13-17/h10-13,16,18H,3-9,14H2,1-2H3. The van der Waals surface area contributed by atoms with Crippen LogP contribution in [0.2, 0.25) is 0 Å². The van der Waals surface area contributed by atoms with E-state index in [1.54, 1.807) is 24.3 Å². The maximum Gasteiger partial charge on any atom is 0.297 e. The van der Waals surface area contributed by atoms with E-state index in [0.717, 1.165) is 37.7 Å². The molecule has 1 aromatic rings. The molecule has 1 N–H and O–H groups in total. The molecule has 0 fully saturated rings. The first-order chi connectivity index (χ1) is 12.0. The molecule has 1 atom stereocenters. The first-order valence-electron chi connectivity index (χ1n) is 8.59. The first kappa shape index (κ1) is 22.0. The minimum Gasteiger partial charge on any atom is -0.263 e. The van der Waals surface area contributed by atoms with E-state index in [-0.39, 0.29) is 11.0 Å². The molecule has 1 aromatic carbocycles. The van der Waals surface area contributed by atoms with Crippen molar-refractivity contribution in [1.82, 2.24) is 0 Å². The van der Waals surface area contributed by atoms with Crippen molar-refractivity contribution in [3.63, 3.8) is 0 Å². The third-order valence-corrected chi connectivity index (χ3v) is 5.24. The van der Waals surface area contributed by atoms with E-state index < -0.39 is 10.1 Å². The number of rotatable bonds is 14. The van der Waals surface area contributed by atoms with Crippen LogP contribution in [0.4, 0.5) is 0 Å². The second-order valence-corrected chi connectivity index (χ2v) is 7.49. The third-order valence-electron chi connectivity index (χ3n) is 3.86. The summed E-state index contributed by atoms with van der Waals surface area (Å²) in [4.78, 5) is 4.69. The molecule has 0 saturated heterocycles. The normalized spacial score (nSPS) is 13.1. The van der Waals surface area contributed by atoms with Gasteiger partial charge in [0.05, 0.1) is 17.6 Å². The van der Waals surface area contributed by atoms with Crippen molar-refractivity contribution >= 4 is 10.1 Å². The van der Waals surface area contributed by atoms with Crippen LogP contribution in [0.5, 0.6) is 0 Å². The summed E-state index contributed by atoms with van der Waals surface area (Å²) in [6.45, 7) is 4.18. The number of unbranched alkanes of at least 4 members (excludes halogenated alkanes) is 4. The Morgan fingerprint density at radius 2 is 1.68 bits per heavy atom. The molecule has 7 nitrogen and oxygen atoms in total. The zero-order valence-corrected chi connectivity index (χ0v) is 15.7. The Morgan fingerprint density at radius 3 is 2.32 bits per heavy atom. The van der Waals surface area contributed by atoms with E-state index in [2.05, 4.69) is 15.0 Å². The average molecular weight is 376 g/mol. The number of benzene rings is 1. The molecule has 0 aliphatic carbocycles. The summed E-state index contributed by atoms with van der Waals surface area (Å²) in [5, 5.41) is 15.1. The Kier molecular flexibility index (Phi) is 10.9. The van der Waals surface area contributed by atoms with Crippen molar-refractivity contribution in [2.45, 2.75) is 69.8 Å². The molecule has 25 heavy (non-hydrogen) atoms. The van der Waals surface area contributed by atoms with Gasteiger partial charge < -0.3 is 0 Å². The largest absolute Gasteiger partial charge is 0.297 e. The quantitative estimate of drug-likeness (QED) is 0.225. The summed E-state index contributed by atoms with van der Waals surface area (Å²) < 4.78 is 30.0. The van der Waals surface area contributed by atoms with Crippen LogP contribution in [-0.2, 0) is 29.3 Å². The monoisotopic (exact) mass is 376 g/mol. The zero-order chi connectivity index (χ0) is 18.5. The van der Waals surface area contributed by atoms with Gasteiger partial charge in [0.1, 0.15) is 0 Å². The summed E-state index contributed by atoms with van der Waals surface area (Å²) in [5.41, 5.74) is 1.01. The fourth-order valence-electron chi connectivity index (χ4n) is 2.38. The molecule has 8 heteroatoms. The van der Waals surface area contributed by atoms with E-state index in [9.17, 15) is 8.42 Å². The lowest BCUT2D eigenvalue weighted by Crippen LogP contribution is -2.18. The lowest BCUT2D eigenvalue weighted by Gasteiger charge is -2.16. The van der Waals surface area contributed by atoms with Crippen molar-refractivity contribution in [3.05, 3.63) is 29.8 Å². The smallest absolute Gasteiger partial charge is 0.263 e. The third kappa shape index (κ3) is 9.29. The minimum atomic E-state index is -3.71. The van der Waals surface area contributed by atoms with Crippen LogP contribution >= 0.6 is 0 Å². The number of aryl methyl sites for hydroxylation is 1. The highest BCUT2D eigenvalue weighted by molar-refractivity contribution is 7.86. The van der Waals surface area contributed by atoms with Gasteiger partial charge in [0.15, 0.2) is 0 Å². The van der Waals surface area contributed by atoms with E-state index in [1.165, 1.54) is 0 Å². The molecule has 1 rings (SSSR count). The molecule has 0 aliphatic heterocycles. The van der Waals surface area contributed by atoms with Gasteiger partial charge in [-0.3, -0.25) is 4.18 Å². The molecule has 0 aromatic heterocycles. The maximum atomic E-state index is 12.3. The van der Waals surface area contributed by atoms with E-state index in [4.69, 9.17) is 9.44 Å². The lowest BCUT2D eigenvalue weighted by molar-refractivity contribution is -0.623. The Morgan fingerprint density at radius 1 is 1.04 bits per heavy atom. The molecular weight excluding hydrogens is 348 g/mol. The molecule has 0 aliphatic rings. The molecule has 0 radical (unpaired) electrons. The van der Waals surface area contributed by atoms with E-state index in [0.29, 0.717) is 19.4 Å². The Bertz CT molecular complexity index is 557. The van der Waals surface area contributed by atoms with Gasteiger partial charge in [-0.2, -0.15) is 8.42 Å². The van der Waals surface area contributed by atoms with Gasteiger partial charge in [0.25, 0.3) is 10.1 Å². The molecule has 0 spiro atoms. The van der Waals surface area contributed by atoms with Crippen molar-refractivity contribution < 1.29 is 32.8 Å². The summed E-state index contributed by atoms with van der Waals surface area (Å²) in [6.07, 6.45) is 5.69. The first-order valence-corrected chi connectivity index (χ1v) is 10.00. The highest BCUT2D eigenvalue weighted by atomic mass is 32.2. The molecule has 0 heterocycles. The van der Waals surface area contributed by atoms with Crippen LogP contribution in [-0.4, -0.2) is 26.4 Å². The Balaban J connectivity index is 2.26. The summed E-state index contributed by atoms with van der Waals surface area (Å²) in [5.74, 6) is 0. The van der Waals surface area contributed by atoms with Gasteiger partial charge in [-0.05, 0) is 48.4 Å². The molecule has 0 saturated carbocycles. The molecular formula is C17H28O7S. The van der Waals surface area contributed by atoms with Crippen molar-refractivity contribution in [1.29, 1.82) is 0 Å². The summed E-state index contributed by atoms with van der Waals surface area (Å²) in [7, 11) is -3.71. The van der Waals surface area contributed by atoms with Crippen LogP contribution in [0.1, 0.15) is 57.4 Å². The van der Waals surface area contributed by atoms with E-state index in [1.807, 2.05) is 13.8 Å². The highest BCUT2D eigenvalue weighted by Gasteiger charge is 2.20. The Labute approximate surface area is 149 Å². The maximum absolute atomic E-state index is 12.3. The van der Waals surface area contributed by atoms with Crippen LogP contribution < -0.4 is 0 Å². The van der Waals surface area contributed by atoms with Gasteiger partial charge in [-0.1, -0.05) is 50.3 Å². The SMILES string of the molecule is CCC(CCCCCCCOOOO)OS(=O)(=O)c1ccc(C)cc1. The fraction of sp³-hybridized carbons (Fsp3) is 0.647. The van der Waals surface area contributed by atoms with Crippen molar-refractivity contribution in [2.75, 3.05) is 6.61 Å². The predicted molar refractivity (Wildman–Crippen MR) is 92.0 cm³/mol. The van der Waals surface area contributed by atoms with Crippen LogP contribution in [0, 0.1) is 6.92 Å². The summed E-state index contributed by atoms with van der Waals surface area (Å²) >= 11 is 0. The number of hydrogen-bond donors (Lipinski definition) is 1. The lowest BCUT2D eigenvalue weighted by atomic mass is 10.1.